The van der Waals surface area contributed by atoms with Gasteiger partial charge in [-0.25, -0.2) is 0 Å². The van der Waals surface area contributed by atoms with Crippen LogP contribution < -0.4 is 0 Å². The summed E-state index contributed by atoms with van der Waals surface area (Å²) in [4.78, 5) is 22.7. The van der Waals surface area contributed by atoms with Crippen molar-refractivity contribution < 1.29 is 14.3 Å². The molecule has 0 heterocycles. The van der Waals surface area contributed by atoms with Crippen LogP contribution >= 0.6 is 0 Å². The molecule has 3 nitrogen and oxygen atoms in total. The Hall–Kier alpha value is -0.860. The highest BCUT2D eigenvalue weighted by molar-refractivity contribution is 5.84. The van der Waals surface area contributed by atoms with Gasteiger partial charge in [-0.05, 0) is 25.7 Å². The molecular formula is C12H20O3. The van der Waals surface area contributed by atoms with Crippen molar-refractivity contribution in [2.45, 2.75) is 58.5 Å². The van der Waals surface area contributed by atoms with Gasteiger partial charge in [-0.3, -0.25) is 9.59 Å². The summed E-state index contributed by atoms with van der Waals surface area (Å²) in [5, 5.41) is 0. The molecule has 0 saturated heterocycles. The van der Waals surface area contributed by atoms with Crippen molar-refractivity contribution in [3.63, 3.8) is 0 Å². The molecule has 1 aliphatic rings. The van der Waals surface area contributed by atoms with Crippen LogP contribution in [0.2, 0.25) is 0 Å². The van der Waals surface area contributed by atoms with E-state index in [4.69, 9.17) is 4.74 Å². The van der Waals surface area contributed by atoms with Crippen LogP contribution in [0.3, 0.4) is 0 Å². The molecule has 0 N–H and O–H groups in total. The molecule has 1 atom stereocenters. The van der Waals surface area contributed by atoms with Gasteiger partial charge < -0.3 is 4.74 Å². The fraction of sp³-hybridized carbons (Fsp3) is 0.833. The van der Waals surface area contributed by atoms with E-state index in [1.807, 2.05) is 0 Å². The molecule has 1 fully saturated rings. The van der Waals surface area contributed by atoms with E-state index in [2.05, 4.69) is 0 Å². The van der Waals surface area contributed by atoms with Crippen LogP contribution in [0.5, 0.6) is 0 Å². The van der Waals surface area contributed by atoms with Crippen molar-refractivity contribution in [2.75, 3.05) is 0 Å². The molecule has 0 aliphatic heterocycles. The normalized spacial score (nSPS) is 18.8. The molecule has 0 radical (unpaired) electrons. The van der Waals surface area contributed by atoms with Crippen LogP contribution in [-0.4, -0.2) is 17.9 Å². The largest absolute Gasteiger partial charge is 0.455 e. The predicted molar refractivity (Wildman–Crippen MR) is 57.4 cm³/mol. The Bertz CT molecular complexity index is 229. The standard InChI is InChI=1S/C12H20O3/c1-3-11(13)9(2)15-12(14)8-10-6-4-5-7-10/h9-10H,3-8H2,1-2H3. The van der Waals surface area contributed by atoms with Crippen molar-refractivity contribution in [2.24, 2.45) is 5.92 Å². The van der Waals surface area contributed by atoms with Gasteiger partial charge in [-0.2, -0.15) is 0 Å². The third-order valence-electron chi connectivity index (χ3n) is 3.04. The number of rotatable bonds is 5. The number of Topliss-reactive ketones (excluding diaryl/α,β-unsaturated/α-hetero) is 1. The molecule has 3 heteroatoms. The lowest BCUT2D eigenvalue weighted by Gasteiger charge is -2.13. The van der Waals surface area contributed by atoms with Crippen LogP contribution in [0, 0.1) is 5.92 Å². The number of hydrogen-bond donors (Lipinski definition) is 0. The van der Waals surface area contributed by atoms with Gasteiger partial charge in [0.1, 0.15) is 0 Å². The first-order valence-corrected chi connectivity index (χ1v) is 5.85. The summed E-state index contributed by atoms with van der Waals surface area (Å²) in [6.07, 6.45) is 5.06. The topological polar surface area (TPSA) is 43.4 Å². The zero-order valence-electron chi connectivity index (χ0n) is 9.62. The van der Waals surface area contributed by atoms with Gasteiger partial charge in [0.15, 0.2) is 11.9 Å². The average Bonchev–Trinajstić information content (AvgIpc) is 2.68. The summed E-state index contributed by atoms with van der Waals surface area (Å²) >= 11 is 0. The Balaban J connectivity index is 2.25. The molecular weight excluding hydrogens is 192 g/mol. The van der Waals surface area contributed by atoms with Gasteiger partial charge in [0.2, 0.25) is 0 Å². The third-order valence-corrected chi connectivity index (χ3v) is 3.04. The third kappa shape index (κ3) is 4.02. The van der Waals surface area contributed by atoms with E-state index in [0.29, 0.717) is 18.8 Å². The number of ketones is 1. The fourth-order valence-electron chi connectivity index (χ4n) is 2.05. The molecule has 0 amide bonds. The van der Waals surface area contributed by atoms with E-state index in [1.165, 1.54) is 12.8 Å². The van der Waals surface area contributed by atoms with Crippen molar-refractivity contribution >= 4 is 11.8 Å². The summed E-state index contributed by atoms with van der Waals surface area (Å²) in [5.41, 5.74) is 0. The maximum absolute atomic E-state index is 11.5. The second-order valence-electron chi connectivity index (χ2n) is 4.31. The highest BCUT2D eigenvalue weighted by Crippen LogP contribution is 2.27. The molecule has 1 rings (SSSR count). The number of carbonyl (C=O) groups is 2. The van der Waals surface area contributed by atoms with Gasteiger partial charge in [-0.15, -0.1) is 0 Å². The quantitative estimate of drug-likeness (QED) is 0.657. The van der Waals surface area contributed by atoms with Crippen LogP contribution in [0.4, 0.5) is 0 Å². The number of hydrogen-bond acceptors (Lipinski definition) is 3. The molecule has 0 spiro atoms. The lowest BCUT2D eigenvalue weighted by Crippen LogP contribution is -2.24. The van der Waals surface area contributed by atoms with E-state index in [0.717, 1.165) is 12.8 Å². The molecule has 0 aromatic rings. The molecule has 0 bridgehead atoms. The van der Waals surface area contributed by atoms with Gasteiger partial charge >= 0.3 is 5.97 Å². The van der Waals surface area contributed by atoms with E-state index >= 15 is 0 Å². The Kier molecular flexibility index (Phi) is 4.79. The van der Waals surface area contributed by atoms with Gasteiger partial charge in [0, 0.05) is 12.8 Å². The molecule has 1 saturated carbocycles. The first-order chi connectivity index (χ1) is 7.13. The smallest absolute Gasteiger partial charge is 0.306 e. The lowest BCUT2D eigenvalue weighted by molar-refractivity contribution is -0.154. The maximum atomic E-state index is 11.5. The Morgan fingerprint density at radius 1 is 1.33 bits per heavy atom. The monoisotopic (exact) mass is 212 g/mol. The number of esters is 1. The summed E-state index contributed by atoms with van der Waals surface area (Å²) in [6.45, 7) is 3.43. The maximum Gasteiger partial charge on any atom is 0.306 e. The minimum atomic E-state index is -0.566. The summed E-state index contributed by atoms with van der Waals surface area (Å²) in [5.74, 6) is 0.271. The van der Waals surface area contributed by atoms with Crippen LogP contribution in [0.1, 0.15) is 52.4 Å². The first-order valence-electron chi connectivity index (χ1n) is 5.85. The highest BCUT2D eigenvalue weighted by Gasteiger charge is 2.22. The van der Waals surface area contributed by atoms with Gasteiger partial charge in [0.05, 0.1) is 0 Å². The summed E-state index contributed by atoms with van der Waals surface area (Å²) < 4.78 is 5.08. The molecule has 0 aromatic heterocycles. The highest BCUT2D eigenvalue weighted by atomic mass is 16.5. The molecule has 86 valence electrons. The predicted octanol–water partition coefficient (Wildman–Crippen LogP) is 2.48. The minimum absolute atomic E-state index is 0.00484. The number of ether oxygens (including phenoxy) is 1. The minimum Gasteiger partial charge on any atom is -0.455 e. The van der Waals surface area contributed by atoms with Crippen molar-refractivity contribution in [3.05, 3.63) is 0 Å². The Morgan fingerprint density at radius 3 is 2.47 bits per heavy atom. The van der Waals surface area contributed by atoms with Gasteiger partial charge in [0.25, 0.3) is 0 Å². The average molecular weight is 212 g/mol. The molecule has 15 heavy (non-hydrogen) atoms. The van der Waals surface area contributed by atoms with Crippen molar-refractivity contribution in [1.29, 1.82) is 0 Å². The zero-order chi connectivity index (χ0) is 11.3. The fourth-order valence-corrected chi connectivity index (χ4v) is 2.05. The second-order valence-corrected chi connectivity index (χ2v) is 4.31. The van der Waals surface area contributed by atoms with Crippen molar-refractivity contribution in [3.8, 4) is 0 Å². The zero-order valence-corrected chi connectivity index (χ0v) is 9.62. The van der Waals surface area contributed by atoms with Crippen LogP contribution in [0.15, 0.2) is 0 Å². The Labute approximate surface area is 91.2 Å². The van der Waals surface area contributed by atoms with Gasteiger partial charge in [-0.1, -0.05) is 19.8 Å². The van der Waals surface area contributed by atoms with E-state index in [1.54, 1.807) is 13.8 Å². The summed E-state index contributed by atoms with van der Waals surface area (Å²) in [7, 11) is 0. The SMILES string of the molecule is CCC(=O)C(C)OC(=O)CC1CCCC1. The van der Waals surface area contributed by atoms with E-state index < -0.39 is 6.10 Å². The van der Waals surface area contributed by atoms with Crippen LogP contribution in [-0.2, 0) is 14.3 Å². The lowest BCUT2D eigenvalue weighted by atomic mass is 10.0. The van der Waals surface area contributed by atoms with Crippen molar-refractivity contribution in [1.82, 2.24) is 0 Å². The molecule has 0 aromatic carbocycles. The second kappa shape index (κ2) is 5.89. The number of carbonyl (C=O) groups excluding carboxylic acids is 2. The Morgan fingerprint density at radius 2 is 1.93 bits per heavy atom. The summed E-state index contributed by atoms with van der Waals surface area (Å²) in [6, 6.07) is 0. The first kappa shape index (κ1) is 12.2. The van der Waals surface area contributed by atoms with Crippen LogP contribution in [0.25, 0.3) is 0 Å². The molecule has 1 unspecified atom stereocenters. The van der Waals surface area contributed by atoms with E-state index in [-0.39, 0.29) is 11.8 Å². The molecule has 1 aliphatic carbocycles. The van der Waals surface area contributed by atoms with E-state index in [9.17, 15) is 9.59 Å².